The van der Waals surface area contributed by atoms with Crippen LogP contribution in [0.1, 0.15) is 43.2 Å². The monoisotopic (exact) mass is 343 g/mol. The standard InChI is InChI=1S/C18H25N5O2/c1-3-15-20-17(25-21-15)13(2)22-9-11-23(12-10-22)18(24)16(19)14-7-5-4-6-8-14/h4-8,13,16H,3,9-12,19H2,1-2H3. The van der Waals surface area contributed by atoms with Gasteiger partial charge in [-0.2, -0.15) is 4.98 Å². The Kier molecular flexibility index (Phi) is 5.45. The summed E-state index contributed by atoms with van der Waals surface area (Å²) in [6, 6.07) is 8.95. The van der Waals surface area contributed by atoms with E-state index in [4.69, 9.17) is 10.3 Å². The second kappa shape index (κ2) is 7.76. The normalized spacial score (nSPS) is 18.1. The minimum Gasteiger partial charge on any atom is -0.338 e. The second-order valence-corrected chi connectivity index (χ2v) is 6.33. The maximum atomic E-state index is 12.6. The van der Waals surface area contributed by atoms with Crippen molar-refractivity contribution in [1.29, 1.82) is 0 Å². The molecule has 2 heterocycles. The zero-order chi connectivity index (χ0) is 17.8. The lowest BCUT2D eigenvalue weighted by Gasteiger charge is -2.37. The molecule has 0 spiro atoms. The smallest absolute Gasteiger partial charge is 0.244 e. The number of nitrogens with zero attached hydrogens (tertiary/aromatic N) is 4. The molecule has 2 atom stereocenters. The zero-order valence-corrected chi connectivity index (χ0v) is 14.8. The number of aromatic nitrogens is 2. The van der Waals surface area contributed by atoms with Gasteiger partial charge in [0.25, 0.3) is 0 Å². The molecule has 1 amide bonds. The van der Waals surface area contributed by atoms with Crippen LogP contribution in [0.2, 0.25) is 0 Å². The van der Waals surface area contributed by atoms with Crippen LogP contribution >= 0.6 is 0 Å². The Hall–Kier alpha value is -2.25. The zero-order valence-electron chi connectivity index (χ0n) is 14.8. The van der Waals surface area contributed by atoms with Crippen molar-refractivity contribution in [1.82, 2.24) is 19.9 Å². The molecule has 0 radical (unpaired) electrons. The molecular weight excluding hydrogens is 318 g/mol. The molecule has 2 unspecified atom stereocenters. The van der Waals surface area contributed by atoms with Crippen molar-refractivity contribution in [3.8, 4) is 0 Å². The summed E-state index contributed by atoms with van der Waals surface area (Å²) < 4.78 is 5.34. The Morgan fingerprint density at radius 1 is 1.24 bits per heavy atom. The van der Waals surface area contributed by atoms with Crippen molar-refractivity contribution in [3.05, 3.63) is 47.6 Å². The van der Waals surface area contributed by atoms with E-state index in [9.17, 15) is 4.79 Å². The molecule has 1 aliphatic heterocycles. The number of carbonyl (C=O) groups excluding carboxylic acids is 1. The van der Waals surface area contributed by atoms with Crippen molar-refractivity contribution in [3.63, 3.8) is 0 Å². The summed E-state index contributed by atoms with van der Waals surface area (Å²) in [4.78, 5) is 21.1. The van der Waals surface area contributed by atoms with Crippen molar-refractivity contribution < 1.29 is 9.32 Å². The van der Waals surface area contributed by atoms with Crippen LogP contribution in [-0.4, -0.2) is 52.0 Å². The molecule has 2 aromatic rings. The van der Waals surface area contributed by atoms with Gasteiger partial charge < -0.3 is 15.2 Å². The Balaban J connectivity index is 1.57. The van der Waals surface area contributed by atoms with Gasteiger partial charge in [-0.25, -0.2) is 0 Å². The van der Waals surface area contributed by atoms with Crippen molar-refractivity contribution in [2.45, 2.75) is 32.4 Å². The van der Waals surface area contributed by atoms with E-state index in [0.29, 0.717) is 19.0 Å². The van der Waals surface area contributed by atoms with E-state index in [2.05, 4.69) is 22.0 Å². The van der Waals surface area contributed by atoms with Gasteiger partial charge in [0.2, 0.25) is 11.8 Å². The number of nitrogens with two attached hydrogens (primary N) is 1. The van der Waals surface area contributed by atoms with Crippen LogP contribution in [0.15, 0.2) is 34.9 Å². The van der Waals surface area contributed by atoms with Crippen molar-refractivity contribution in [2.24, 2.45) is 5.73 Å². The van der Waals surface area contributed by atoms with Crippen molar-refractivity contribution >= 4 is 5.91 Å². The molecule has 1 aromatic carbocycles. The molecule has 0 bridgehead atoms. The van der Waals surface area contributed by atoms with Crippen molar-refractivity contribution in [2.75, 3.05) is 26.2 Å². The molecule has 1 aliphatic rings. The molecule has 1 fully saturated rings. The fourth-order valence-corrected chi connectivity index (χ4v) is 3.07. The first-order valence-electron chi connectivity index (χ1n) is 8.76. The minimum atomic E-state index is -0.603. The number of hydrogen-bond acceptors (Lipinski definition) is 6. The van der Waals surface area contributed by atoms with E-state index in [1.165, 1.54) is 0 Å². The van der Waals surface area contributed by atoms with Gasteiger partial charge in [0.1, 0.15) is 6.04 Å². The highest BCUT2D eigenvalue weighted by Gasteiger charge is 2.29. The average Bonchev–Trinajstić information content (AvgIpc) is 3.16. The summed E-state index contributed by atoms with van der Waals surface area (Å²) in [7, 11) is 0. The topological polar surface area (TPSA) is 88.5 Å². The van der Waals surface area contributed by atoms with E-state index in [0.717, 1.165) is 30.9 Å². The summed E-state index contributed by atoms with van der Waals surface area (Å²) in [6.45, 7) is 6.88. The lowest BCUT2D eigenvalue weighted by atomic mass is 10.1. The molecule has 2 N–H and O–H groups in total. The van der Waals surface area contributed by atoms with Gasteiger partial charge in [-0.05, 0) is 12.5 Å². The Bertz CT molecular complexity index is 695. The Morgan fingerprint density at radius 3 is 2.52 bits per heavy atom. The summed E-state index contributed by atoms with van der Waals surface area (Å²) >= 11 is 0. The Morgan fingerprint density at radius 2 is 1.92 bits per heavy atom. The van der Waals surface area contributed by atoms with E-state index in [-0.39, 0.29) is 11.9 Å². The van der Waals surface area contributed by atoms with E-state index in [1.807, 2.05) is 42.2 Å². The number of aryl methyl sites for hydroxylation is 1. The first-order valence-corrected chi connectivity index (χ1v) is 8.76. The summed E-state index contributed by atoms with van der Waals surface area (Å²) in [5, 5.41) is 3.96. The summed E-state index contributed by atoms with van der Waals surface area (Å²) in [5.74, 6) is 1.34. The highest BCUT2D eigenvalue weighted by molar-refractivity contribution is 5.83. The molecule has 0 saturated carbocycles. The van der Waals surface area contributed by atoms with Crippen LogP contribution in [0.4, 0.5) is 0 Å². The molecule has 7 nitrogen and oxygen atoms in total. The third-order valence-electron chi connectivity index (χ3n) is 4.76. The molecule has 1 aromatic heterocycles. The van der Waals surface area contributed by atoms with Crippen LogP contribution in [-0.2, 0) is 11.2 Å². The predicted molar refractivity (Wildman–Crippen MR) is 93.6 cm³/mol. The second-order valence-electron chi connectivity index (χ2n) is 6.33. The number of rotatable bonds is 5. The highest BCUT2D eigenvalue weighted by Crippen LogP contribution is 2.21. The number of carbonyl (C=O) groups is 1. The number of benzene rings is 1. The number of piperazine rings is 1. The molecular formula is C18H25N5O2. The van der Waals surface area contributed by atoms with Crippen LogP contribution in [0.3, 0.4) is 0 Å². The van der Waals surface area contributed by atoms with E-state index < -0.39 is 6.04 Å². The van der Waals surface area contributed by atoms with E-state index in [1.54, 1.807) is 0 Å². The lowest BCUT2D eigenvalue weighted by molar-refractivity contribution is -0.134. The molecule has 1 saturated heterocycles. The quantitative estimate of drug-likeness (QED) is 0.886. The van der Waals surface area contributed by atoms with Gasteiger partial charge in [-0.3, -0.25) is 9.69 Å². The van der Waals surface area contributed by atoms with Crippen LogP contribution in [0, 0.1) is 0 Å². The van der Waals surface area contributed by atoms with Gasteiger partial charge in [0.15, 0.2) is 5.82 Å². The molecule has 0 aliphatic carbocycles. The van der Waals surface area contributed by atoms with Gasteiger partial charge in [0, 0.05) is 32.6 Å². The fourth-order valence-electron chi connectivity index (χ4n) is 3.07. The fraction of sp³-hybridized carbons (Fsp3) is 0.500. The van der Waals surface area contributed by atoms with Crippen LogP contribution < -0.4 is 5.73 Å². The van der Waals surface area contributed by atoms with Gasteiger partial charge >= 0.3 is 0 Å². The molecule has 7 heteroatoms. The first kappa shape index (κ1) is 17.6. The average molecular weight is 343 g/mol. The third-order valence-corrected chi connectivity index (χ3v) is 4.76. The molecule has 3 rings (SSSR count). The Labute approximate surface area is 147 Å². The number of amides is 1. The highest BCUT2D eigenvalue weighted by atomic mass is 16.5. The summed E-state index contributed by atoms with van der Waals surface area (Å²) in [6.07, 6.45) is 0.760. The third kappa shape index (κ3) is 3.88. The van der Waals surface area contributed by atoms with Crippen LogP contribution in [0.25, 0.3) is 0 Å². The summed E-state index contributed by atoms with van der Waals surface area (Å²) in [5.41, 5.74) is 6.98. The maximum absolute atomic E-state index is 12.6. The van der Waals surface area contributed by atoms with Gasteiger partial charge in [0.05, 0.1) is 6.04 Å². The van der Waals surface area contributed by atoms with Gasteiger partial charge in [-0.15, -0.1) is 0 Å². The largest absolute Gasteiger partial charge is 0.338 e. The molecule has 134 valence electrons. The maximum Gasteiger partial charge on any atom is 0.244 e. The SMILES string of the molecule is CCc1noc(C(C)N2CCN(C(=O)C(N)c3ccccc3)CC2)n1. The molecule has 25 heavy (non-hydrogen) atoms. The lowest BCUT2D eigenvalue weighted by Crippen LogP contribution is -2.51. The number of hydrogen-bond donors (Lipinski definition) is 1. The van der Waals surface area contributed by atoms with E-state index >= 15 is 0 Å². The first-order chi connectivity index (χ1) is 12.1. The predicted octanol–water partition coefficient (Wildman–Crippen LogP) is 1.54. The van der Waals surface area contributed by atoms with Crippen LogP contribution in [0.5, 0.6) is 0 Å². The van der Waals surface area contributed by atoms with Gasteiger partial charge in [-0.1, -0.05) is 42.4 Å². The minimum absolute atomic E-state index is 0.0236.